The maximum Gasteiger partial charge on any atom is 1.00 e. The van der Waals surface area contributed by atoms with Crippen molar-refractivity contribution in [3.8, 4) is 0 Å². The Morgan fingerprint density at radius 1 is 0.424 bits per heavy atom. The fourth-order valence-electron chi connectivity index (χ4n) is 19.2. The van der Waals surface area contributed by atoms with Crippen LogP contribution in [0.1, 0.15) is 242 Å². The van der Waals surface area contributed by atoms with Crippen molar-refractivity contribution in [2.75, 3.05) is 24.9 Å². The molecule has 31 heteroatoms. The molecule has 29 nitrogen and oxygen atoms in total. The predicted molar refractivity (Wildman–Crippen MR) is 462 cm³/mol. The number of ether oxygens (including phenoxy) is 6. The topological polar surface area (TPSA) is 377 Å². The molecule has 9 heterocycles. The predicted octanol–water partition coefficient (Wildman–Crippen LogP) is 14.3. The van der Waals surface area contributed by atoms with E-state index in [1.165, 1.54) is 38.7 Å². The number of cyclic esters (lactones) is 4. The second kappa shape index (κ2) is 40.9. The first-order valence-corrected chi connectivity index (χ1v) is 42.4. The smallest absolute Gasteiger partial charge is 0.870 e. The van der Waals surface area contributed by atoms with E-state index in [0.29, 0.717) is 16.9 Å². The number of carbonyl (C=O) groups is 7. The van der Waals surface area contributed by atoms with Crippen LogP contribution in [0.3, 0.4) is 0 Å². The van der Waals surface area contributed by atoms with Crippen LogP contribution in [0.5, 0.6) is 0 Å². The van der Waals surface area contributed by atoms with Gasteiger partial charge in [0.2, 0.25) is 0 Å². The third-order valence-electron chi connectivity index (χ3n) is 24.9. The zero-order valence-corrected chi connectivity index (χ0v) is 72.8. The number of anilines is 2. The molecular formula is C94H113FLiN13O16. The van der Waals surface area contributed by atoms with Crippen LogP contribution < -0.4 is 40.9 Å². The average Bonchev–Trinajstić information content (AvgIpc) is 1.62. The number of nitrogens with one attached hydrogen (secondary N) is 3. The Bertz CT molecular complexity index is 5210. The van der Waals surface area contributed by atoms with Gasteiger partial charge in [-0.3, -0.25) is 44.1 Å². The van der Waals surface area contributed by atoms with Gasteiger partial charge in [0, 0.05) is 73.1 Å². The van der Waals surface area contributed by atoms with Gasteiger partial charge in [-0.1, -0.05) is 121 Å². The third kappa shape index (κ3) is 21.5. The molecule has 4 saturated heterocycles. The van der Waals surface area contributed by atoms with Crippen molar-refractivity contribution in [1.29, 1.82) is 0 Å². The number of H-pyrrole nitrogens is 1. The van der Waals surface area contributed by atoms with Crippen LogP contribution in [0.25, 0.3) is 11.0 Å². The van der Waals surface area contributed by atoms with Crippen LogP contribution >= 0.6 is 0 Å². The molecular weight excluding hydrogens is 1590 g/mol. The number of rotatable bonds is 16. The molecule has 17 rings (SSSR count). The summed E-state index contributed by atoms with van der Waals surface area (Å²) in [4.78, 5) is 124. The minimum atomic E-state index is -0.971. The number of nitrogens with zero attached hydrogens (tertiary/aromatic N) is 9. The van der Waals surface area contributed by atoms with Crippen LogP contribution in [0.2, 0.25) is 0 Å². The number of halogens is 1. The Labute approximate surface area is 739 Å². The molecule has 5 aromatic heterocycles. The maximum atomic E-state index is 12.8. The number of carboxylic acids is 1. The SMILES string of the molecule is CC1(C)OC(=O)N(C2CCC(N)CC2)[C@H]1c1ccccc1.CC1(C)OC(=O)N(C2CCC(Nc3cnccc3C(=O)O)CC2)[C@H]1c1ccccc1.CC1(C)OC(=O)N(C2CCC(n3c(=O)[nH]c4ccncc43)CC2)[C@H]1c1ccccc1.COC(=O)c1ccncc1F.COC(=O)c1ccncc1NC1CCC(N2C(=O)OC(C)(C)[C@@H]2c2ccccc2)CC1.[Li+].[OH-]. The number of methoxy groups -OCH3 is 2. The number of imidazole rings is 1. The van der Waals surface area contributed by atoms with Crippen molar-refractivity contribution >= 4 is 64.7 Å². The van der Waals surface area contributed by atoms with E-state index in [1.807, 2.05) is 171 Å². The Hall–Kier alpha value is -11.7. The molecule has 4 aliphatic carbocycles. The molecule has 0 spiro atoms. The van der Waals surface area contributed by atoms with E-state index in [9.17, 15) is 47.9 Å². The molecule has 0 bridgehead atoms. The first-order chi connectivity index (χ1) is 59.0. The Balaban J connectivity index is 0.000000156. The zero-order valence-electron chi connectivity index (χ0n) is 72.8. The summed E-state index contributed by atoms with van der Waals surface area (Å²) in [6.07, 6.45) is 25.1. The molecule has 4 aliphatic heterocycles. The number of fused-ring (bicyclic) bond motifs is 1. The molecule has 9 aromatic rings. The van der Waals surface area contributed by atoms with Crippen molar-refractivity contribution in [1.82, 2.24) is 49.1 Å². The van der Waals surface area contributed by atoms with Gasteiger partial charge in [-0.05, 0) is 205 Å². The largest absolute Gasteiger partial charge is 1.00 e. The molecule has 125 heavy (non-hydrogen) atoms. The van der Waals surface area contributed by atoms with Gasteiger partial charge < -0.3 is 60.4 Å². The van der Waals surface area contributed by atoms with Gasteiger partial charge in [0.15, 0.2) is 5.82 Å². The number of hydrogen-bond acceptors (Lipinski definition) is 22. The molecule has 4 amide bonds. The van der Waals surface area contributed by atoms with Gasteiger partial charge in [0.1, 0.15) is 22.4 Å². The normalized spacial score (nSPS) is 24.8. The summed E-state index contributed by atoms with van der Waals surface area (Å²) < 4.78 is 46.6. The molecule has 8 aliphatic rings. The number of carboxylic acid groups (broad SMARTS) is 1. The minimum Gasteiger partial charge on any atom is -0.870 e. The number of aromatic amines is 1. The van der Waals surface area contributed by atoms with E-state index in [4.69, 9.17) is 29.4 Å². The van der Waals surface area contributed by atoms with E-state index >= 15 is 0 Å². The summed E-state index contributed by atoms with van der Waals surface area (Å²) >= 11 is 0. The van der Waals surface area contributed by atoms with Gasteiger partial charge in [-0.2, -0.15) is 0 Å². The summed E-state index contributed by atoms with van der Waals surface area (Å²) in [7, 11) is 2.57. The minimum absolute atomic E-state index is 0. The number of carbonyl (C=O) groups excluding carboxylic acids is 6. The summed E-state index contributed by atoms with van der Waals surface area (Å²) in [5, 5.41) is 16.2. The van der Waals surface area contributed by atoms with Gasteiger partial charge in [-0.15, -0.1) is 0 Å². The van der Waals surface area contributed by atoms with E-state index < -0.39 is 40.2 Å². The number of esters is 2. The van der Waals surface area contributed by atoms with Crippen molar-refractivity contribution < 1.29 is 95.8 Å². The number of amides is 4. The molecule has 4 aromatic carbocycles. The number of benzene rings is 4. The summed E-state index contributed by atoms with van der Waals surface area (Å²) in [6.45, 7) is 15.8. The van der Waals surface area contributed by atoms with E-state index in [0.717, 1.165) is 142 Å². The van der Waals surface area contributed by atoms with E-state index in [-0.39, 0.29) is 144 Å². The first kappa shape index (κ1) is 94.0. The van der Waals surface area contributed by atoms with Crippen molar-refractivity contribution in [3.63, 3.8) is 0 Å². The van der Waals surface area contributed by atoms with Gasteiger partial charge >= 0.3 is 66.8 Å². The Kier molecular flexibility index (Phi) is 30.8. The quantitative estimate of drug-likeness (QED) is 0.0341. The molecule has 4 atom stereocenters. The summed E-state index contributed by atoms with van der Waals surface area (Å²) in [5.74, 6) is -2.71. The average molecular weight is 1710 g/mol. The van der Waals surface area contributed by atoms with Gasteiger partial charge in [0.25, 0.3) is 0 Å². The number of hydrogen-bond donors (Lipinski definition) is 5. The van der Waals surface area contributed by atoms with E-state index in [1.54, 1.807) is 37.1 Å². The molecule has 658 valence electrons. The number of aromatic nitrogens is 6. The van der Waals surface area contributed by atoms with Crippen molar-refractivity contribution in [2.45, 2.75) is 253 Å². The van der Waals surface area contributed by atoms with Crippen LogP contribution in [0, 0.1) is 5.82 Å². The summed E-state index contributed by atoms with van der Waals surface area (Å²) in [5.41, 5.74) is 11.5. The molecule has 7 N–H and O–H groups in total. The second-order valence-electron chi connectivity index (χ2n) is 34.8. The van der Waals surface area contributed by atoms with Crippen LogP contribution in [0.15, 0.2) is 200 Å². The number of pyridine rings is 4. The number of aromatic carboxylic acids is 1. The molecule has 4 saturated carbocycles. The van der Waals surface area contributed by atoms with Crippen LogP contribution in [0.4, 0.5) is 34.9 Å². The van der Waals surface area contributed by atoms with Gasteiger partial charge in [0.05, 0.1) is 102 Å². The second-order valence-corrected chi connectivity index (χ2v) is 34.8. The van der Waals surface area contributed by atoms with Crippen molar-refractivity contribution in [2.24, 2.45) is 5.73 Å². The van der Waals surface area contributed by atoms with E-state index in [2.05, 4.69) is 76.7 Å². The third-order valence-corrected chi connectivity index (χ3v) is 24.9. The van der Waals surface area contributed by atoms with Gasteiger partial charge in [-0.25, -0.2) is 42.7 Å². The molecule has 0 radical (unpaired) electrons. The fraction of sp³-hybridized carbons (Fsp3) is 0.447. The van der Waals surface area contributed by atoms with Crippen LogP contribution in [-0.4, -0.2) is 181 Å². The maximum absolute atomic E-state index is 12.8. The fourth-order valence-corrected chi connectivity index (χ4v) is 19.2. The van der Waals surface area contributed by atoms with Crippen molar-refractivity contribution in [3.05, 3.63) is 250 Å². The monoisotopic (exact) mass is 1710 g/mol. The van der Waals surface area contributed by atoms with Crippen LogP contribution in [-0.2, 0) is 28.4 Å². The Morgan fingerprint density at radius 3 is 1.07 bits per heavy atom. The molecule has 0 unspecified atom stereocenters. The summed E-state index contributed by atoms with van der Waals surface area (Å²) in [6, 6.07) is 47.6. The zero-order chi connectivity index (χ0) is 87.5. The standard InChI is InChI=1S/C24H29N3O4.C23H26N4O3.C23H27N3O4.C17H24N2O2.C7H6FNO2.Li.H2O/c1-24(2)21(16-7-5-4-6-8-16)27(23(29)31-24)18-11-9-17(10-12-18)26-20-15-25-14-13-19(20)22(28)30-3;1-23(2)20(15-6-4-3-5-7-15)27(22(29)30-23)17-10-8-16(9-11-17)26-19-14-24-13-12-18(19)25-21(26)28;1-23(2)20(15-6-4-3-5-7-15)26(22(29)30-23)17-10-8-16(9-11-17)25-19-14-24-13-12-18(19)21(27)28;1-17(2)15(12-6-4-3-5-7-12)19(16(20)21-17)14-10-8-13(18)9-11-14;1-11-7(10)5-2-3-9-4-6(5)8;;/h4-8,13-15,17-18,21,26H,9-12H2,1-3H3;3-7,12-14,16-17,20H,8-11H2,1-2H3,(H,25,28);3-7,12-14,16-17,20,25H,8-11H2,1-2H3,(H,27,28);3-7,13-15H,8-11,18H2,1-2H3;2-4H,1H3;;1H2/q;;;;;+1;/p-1/t17?,18?,21-;2*16?,17?,20-;13?,14?,15-;;;/m0000.../s1. The number of nitrogens with two attached hydrogens (primary N) is 1. The molecule has 8 fully saturated rings. The first-order valence-electron chi connectivity index (χ1n) is 42.4. The Morgan fingerprint density at radius 2 is 0.720 bits per heavy atom.